The summed E-state index contributed by atoms with van der Waals surface area (Å²) in [6, 6.07) is 10.9. The Morgan fingerprint density at radius 2 is 1.84 bits per heavy atom. The van der Waals surface area contributed by atoms with E-state index in [1.54, 1.807) is 4.90 Å². The molecule has 0 aromatic heterocycles. The highest BCUT2D eigenvalue weighted by molar-refractivity contribution is 6.00. The second kappa shape index (κ2) is 6.40. The Kier molecular flexibility index (Phi) is 4.43. The van der Waals surface area contributed by atoms with E-state index in [9.17, 15) is 18.0 Å². The van der Waals surface area contributed by atoms with Crippen molar-refractivity contribution in [2.45, 2.75) is 25.9 Å². The monoisotopic (exact) mass is 350 g/mol. The number of carbonyl (C=O) groups is 1. The van der Waals surface area contributed by atoms with Gasteiger partial charge in [-0.25, -0.2) is 0 Å². The fourth-order valence-corrected chi connectivity index (χ4v) is 3.14. The van der Waals surface area contributed by atoms with Gasteiger partial charge in [0.25, 0.3) is 5.91 Å². The second-order valence-electron chi connectivity index (χ2n) is 5.92. The van der Waals surface area contributed by atoms with E-state index in [-0.39, 0.29) is 30.8 Å². The lowest BCUT2D eigenvalue weighted by Crippen LogP contribution is -2.31. The molecule has 0 saturated heterocycles. The normalized spacial score (nSPS) is 16.9. The zero-order valence-corrected chi connectivity index (χ0v) is 13.5. The van der Waals surface area contributed by atoms with Crippen molar-refractivity contribution in [1.29, 1.82) is 0 Å². The average Bonchev–Trinajstić information content (AvgIpc) is 2.81. The Morgan fingerprint density at radius 1 is 1.16 bits per heavy atom. The Bertz CT molecular complexity index is 788. The van der Waals surface area contributed by atoms with Crippen LogP contribution in [-0.2, 0) is 6.54 Å². The number of nitrogens with zero attached hydrogens (tertiary/aromatic N) is 1. The number of rotatable bonds is 4. The van der Waals surface area contributed by atoms with Crippen molar-refractivity contribution < 1.29 is 22.7 Å². The van der Waals surface area contributed by atoms with E-state index in [1.165, 1.54) is 24.3 Å². The summed E-state index contributed by atoms with van der Waals surface area (Å²) in [5, 5.41) is 0. The number of amides is 1. The molecular formula is C18H17F3N2O2. The Hall–Kier alpha value is -2.54. The number of benzene rings is 2. The maximum Gasteiger partial charge on any atom is 0.573 e. The van der Waals surface area contributed by atoms with Crippen molar-refractivity contribution in [3.8, 4) is 5.75 Å². The zero-order chi connectivity index (χ0) is 18.2. The first kappa shape index (κ1) is 17.3. The fraction of sp³-hybridized carbons (Fsp3) is 0.278. The highest BCUT2D eigenvalue weighted by Crippen LogP contribution is 2.36. The molecule has 1 aliphatic rings. The van der Waals surface area contributed by atoms with Gasteiger partial charge in [-0.1, -0.05) is 30.3 Å². The number of carbonyl (C=O) groups excluding carboxylic acids is 1. The van der Waals surface area contributed by atoms with Gasteiger partial charge < -0.3 is 15.4 Å². The van der Waals surface area contributed by atoms with E-state index in [0.29, 0.717) is 11.1 Å². The third-order valence-electron chi connectivity index (χ3n) is 4.25. The summed E-state index contributed by atoms with van der Waals surface area (Å²) in [4.78, 5) is 14.4. The van der Waals surface area contributed by atoms with Gasteiger partial charge in [0, 0.05) is 18.7 Å². The topological polar surface area (TPSA) is 55.6 Å². The molecule has 0 bridgehead atoms. The molecule has 1 atom stereocenters. The lowest BCUT2D eigenvalue weighted by atomic mass is 10.0. The summed E-state index contributed by atoms with van der Waals surface area (Å²) in [6.07, 6.45) is -4.73. The molecule has 7 heteroatoms. The van der Waals surface area contributed by atoms with Crippen LogP contribution in [0.15, 0.2) is 42.5 Å². The molecule has 0 aliphatic carbocycles. The molecule has 0 fully saturated rings. The number of ether oxygens (including phenoxy) is 1. The van der Waals surface area contributed by atoms with Crippen LogP contribution in [0.4, 0.5) is 13.2 Å². The minimum absolute atomic E-state index is 0.112. The van der Waals surface area contributed by atoms with Gasteiger partial charge in [-0.05, 0) is 35.7 Å². The Morgan fingerprint density at radius 3 is 2.44 bits per heavy atom. The smallest absolute Gasteiger partial charge is 0.406 e. The molecule has 1 unspecified atom stereocenters. The van der Waals surface area contributed by atoms with Crippen LogP contribution in [0.1, 0.15) is 33.1 Å². The summed E-state index contributed by atoms with van der Waals surface area (Å²) in [5.74, 6) is -0.405. The van der Waals surface area contributed by atoms with Gasteiger partial charge >= 0.3 is 6.36 Å². The first-order valence-corrected chi connectivity index (χ1v) is 7.75. The number of fused-ring (bicyclic) bond motifs is 1. The lowest BCUT2D eigenvalue weighted by Gasteiger charge is -2.24. The van der Waals surface area contributed by atoms with E-state index >= 15 is 0 Å². The first-order chi connectivity index (χ1) is 11.8. The number of nitrogens with two attached hydrogens (primary N) is 1. The quantitative estimate of drug-likeness (QED) is 0.917. The van der Waals surface area contributed by atoms with Gasteiger partial charge in [-0.3, -0.25) is 4.79 Å². The molecule has 0 saturated carbocycles. The molecule has 1 aliphatic heterocycles. The van der Waals surface area contributed by atoms with Gasteiger partial charge in [0.05, 0.1) is 6.04 Å². The standard InChI is InChI=1S/C18H17F3N2O2/c1-11-3-2-4-14-15(9-22)23(17(24)16(11)14)10-12-5-7-13(8-6-12)25-18(19,20)21/h2-8,15H,9-10,22H2,1H3. The van der Waals surface area contributed by atoms with Crippen LogP contribution in [-0.4, -0.2) is 23.7 Å². The van der Waals surface area contributed by atoms with Gasteiger partial charge in [-0.2, -0.15) is 0 Å². The molecule has 0 radical (unpaired) electrons. The van der Waals surface area contributed by atoms with Crippen LogP contribution in [0.5, 0.6) is 5.75 Å². The van der Waals surface area contributed by atoms with Crippen molar-refractivity contribution in [1.82, 2.24) is 4.90 Å². The molecule has 132 valence electrons. The van der Waals surface area contributed by atoms with Crippen molar-refractivity contribution in [3.63, 3.8) is 0 Å². The minimum atomic E-state index is -4.73. The lowest BCUT2D eigenvalue weighted by molar-refractivity contribution is -0.274. The summed E-state index contributed by atoms with van der Waals surface area (Å²) >= 11 is 0. The van der Waals surface area contributed by atoms with Crippen LogP contribution in [0.2, 0.25) is 0 Å². The molecule has 4 nitrogen and oxygen atoms in total. The average molecular weight is 350 g/mol. The van der Waals surface area contributed by atoms with Crippen molar-refractivity contribution in [3.05, 3.63) is 64.7 Å². The molecule has 3 rings (SSSR count). The maximum atomic E-state index is 12.7. The molecule has 25 heavy (non-hydrogen) atoms. The minimum Gasteiger partial charge on any atom is -0.406 e. The number of halogens is 3. The molecule has 1 amide bonds. The number of alkyl halides is 3. The van der Waals surface area contributed by atoms with Crippen LogP contribution in [0.25, 0.3) is 0 Å². The number of hydrogen-bond acceptors (Lipinski definition) is 3. The van der Waals surface area contributed by atoms with E-state index in [0.717, 1.165) is 11.1 Å². The molecule has 1 heterocycles. The largest absolute Gasteiger partial charge is 0.573 e. The van der Waals surface area contributed by atoms with Gasteiger partial charge in [-0.15, -0.1) is 13.2 Å². The number of hydrogen-bond donors (Lipinski definition) is 1. The third kappa shape index (κ3) is 3.46. The van der Waals surface area contributed by atoms with Crippen LogP contribution >= 0.6 is 0 Å². The van der Waals surface area contributed by atoms with E-state index in [2.05, 4.69) is 4.74 Å². The zero-order valence-electron chi connectivity index (χ0n) is 13.5. The molecule has 2 N–H and O–H groups in total. The number of aryl methyl sites for hydroxylation is 1. The van der Waals surface area contributed by atoms with Crippen molar-refractivity contribution in [2.75, 3.05) is 6.54 Å². The van der Waals surface area contributed by atoms with Crippen molar-refractivity contribution >= 4 is 5.91 Å². The summed E-state index contributed by atoms with van der Waals surface area (Å²) < 4.78 is 40.5. The molecule has 2 aromatic carbocycles. The Labute approximate surface area is 143 Å². The van der Waals surface area contributed by atoms with Gasteiger partial charge in [0.2, 0.25) is 0 Å². The third-order valence-corrected chi connectivity index (χ3v) is 4.25. The van der Waals surface area contributed by atoms with Crippen LogP contribution in [0, 0.1) is 6.92 Å². The maximum absolute atomic E-state index is 12.7. The summed E-state index contributed by atoms with van der Waals surface area (Å²) in [5.41, 5.74) is 9.00. The van der Waals surface area contributed by atoms with E-state index in [4.69, 9.17) is 5.73 Å². The predicted octanol–water partition coefficient (Wildman–Crippen LogP) is 3.55. The Balaban J connectivity index is 1.81. The van der Waals surface area contributed by atoms with E-state index < -0.39 is 6.36 Å². The highest BCUT2D eigenvalue weighted by atomic mass is 19.4. The molecule has 2 aromatic rings. The SMILES string of the molecule is Cc1cccc2c1C(=O)N(Cc1ccc(OC(F)(F)F)cc1)C2CN. The summed E-state index contributed by atoms with van der Waals surface area (Å²) in [6.45, 7) is 2.41. The summed E-state index contributed by atoms with van der Waals surface area (Å²) in [7, 11) is 0. The van der Waals surface area contributed by atoms with Crippen LogP contribution < -0.4 is 10.5 Å². The van der Waals surface area contributed by atoms with E-state index in [1.807, 2.05) is 25.1 Å². The highest BCUT2D eigenvalue weighted by Gasteiger charge is 2.36. The van der Waals surface area contributed by atoms with Gasteiger partial charge in [0.1, 0.15) is 5.75 Å². The first-order valence-electron chi connectivity index (χ1n) is 7.75. The second-order valence-corrected chi connectivity index (χ2v) is 5.92. The predicted molar refractivity (Wildman–Crippen MR) is 86.0 cm³/mol. The van der Waals surface area contributed by atoms with Crippen LogP contribution in [0.3, 0.4) is 0 Å². The fourth-order valence-electron chi connectivity index (χ4n) is 3.14. The molecular weight excluding hydrogens is 333 g/mol. The van der Waals surface area contributed by atoms with Crippen molar-refractivity contribution in [2.24, 2.45) is 5.73 Å². The van der Waals surface area contributed by atoms with Gasteiger partial charge in [0.15, 0.2) is 0 Å². The molecule has 0 spiro atoms.